The Hall–Kier alpha value is -1.06. The minimum Gasteiger partial charge on any atom is -0.335 e. The number of halogens is 1. The molecule has 3 nitrogen and oxygen atoms in total. The molecular weight excluding hydrogens is 296 g/mol. The lowest BCUT2D eigenvalue weighted by molar-refractivity contribution is -0.138. The van der Waals surface area contributed by atoms with Gasteiger partial charge in [0.25, 0.3) is 0 Å². The molecule has 1 aromatic rings. The number of aryl methyl sites for hydroxylation is 1. The van der Waals surface area contributed by atoms with E-state index in [9.17, 15) is 4.79 Å². The Morgan fingerprint density at radius 3 is 2.77 bits per heavy atom. The lowest BCUT2D eigenvalue weighted by Crippen LogP contribution is -2.42. The molecule has 22 heavy (non-hydrogen) atoms. The Kier molecular flexibility index (Phi) is 5.87. The third-order valence-electron chi connectivity index (χ3n) is 5.20. The van der Waals surface area contributed by atoms with E-state index in [1.165, 1.54) is 23.1 Å². The van der Waals surface area contributed by atoms with Crippen molar-refractivity contribution in [2.75, 3.05) is 19.6 Å². The quantitative estimate of drug-likeness (QED) is 0.905. The van der Waals surface area contributed by atoms with E-state index in [0.29, 0.717) is 5.91 Å². The van der Waals surface area contributed by atoms with Gasteiger partial charge in [-0.15, -0.1) is 12.4 Å². The average molecular weight is 323 g/mol. The van der Waals surface area contributed by atoms with Gasteiger partial charge in [0.1, 0.15) is 0 Å². The molecule has 2 aliphatic heterocycles. The summed E-state index contributed by atoms with van der Waals surface area (Å²) in [5.74, 6) is 0.557. The highest BCUT2D eigenvalue weighted by Gasteiger charge is 2.34. The van der Waals surface area contributed by atoms with Crippen LogP contribution in [0.1, 0.15) is 48.4 Å². The van der Waals surface area contributed by atoms with Crippen molar-refractivity contribution in [1.29, 1.82) is 0 Å². The van der Waals surface area contributed by atoms with E-state index >= 15 is 0 Å². The number of carbonyl (C=O) groups excluding carboxylic acids is 1. The molecule has 2 saturated heterocycles. The van der Waals surface area contributed by atoms with Crippen molar-refractivity contribution in [3.63, 3.8) is 0 Å². The van der Waals surface area contributed by atoms with Crippen LogP contribution in [0.3, 0.4) is 0 Å². The third-order valence-corrected chi connectivity index (χ3v) is 5.20. The zero-order valence-corrected chi connectivity index (χ0v) is 14.4. The van der Waals surface area contributed by atoms with Crippen LogP contribution < -0.4 is 5.32 Å². The monoisotopic (exact) mass is 322 g/mol. The molecular formula is C18H27ClN2O. The average Bonchev–Trinajstić information content (AvgIpc) is 3.04. The smallest absolute Gasteiger partial charge is 0.227 e. The molecule has 0 spiro atoms. The summed E-state index contributed by atoms with van der Waals surface area (Å²) < 4.78 is 0. The van der Waals surface area contributed by atoms with Gasteiger partial charge in [0.05, 0.1) is 12.0 Å². The van der Waals surface area contributed by atoms with Gasteiger partial charge in [-0.05, 0) is 62.8 Å². The van der Waals surface area contributed by atoms with Gasteiger partial charge in [0, 0.05) is 13.1 Å². The fourth-order valence-electron chi connectivity index (χ4n) is 3.75. The normalized spacial score (nSPS) is 24.9. The second-order valence-electron chi connectivity index (χ2n) is 6.52. The van der Waals surface area contributed by atoms with Crippen molar-refractivity contribution < 1.29 is 4.79 Å². The Bertz CT molecular complexity index is 526. The predicted molar refractivity (Wildman–Crippen MR) is 92.4 cm³/mol. The summed E-state index contributed by atoms with van der Waals surface area (Å²) in [7, 11) is 0. The molecule has 1 aromatic carbocycles. The van der Waals surface area contributed by atoms with Crippen LogP contribution in [0.4, 0.5) is 0 Å². The molecule has 2 fully saturated rings. The molecule has 2 unspecified atom stereocenters. The van der Waals surface area contributed by atoms with E-state index in [1.54, 1.807) is 0 Å². The SMILES string of the molecule is Cc1cccc(C2CCCCN2C(=O)C2CCNC2)c1C.Cl. The largest absolute Gasteiger partial charge is 0.335 e. The first kappa shape index (κ1) is 17.3. The molecule has 0 bridgehead atoms. The fourth-order valence-corrected chi connectivity index (χ4v) is 3.75. The van der Waals surface area contributed by atoms with E-state index in [4.69, 9.17) is 0 Å². The standard InChI is InChI=1S/C18H26N2O.ClH/c1-13-6-5-7-16(14(13)2)17-8-3-4-11-20(17)18(21)15-9-10-19-12-15;/h5-7,15,17,19H,3-4,8-12H2,1-2H3;1H. The highest BCUT2D eigenvalue weighted by Crippen LogP contribution is 2.35. The minimum atomic E-state index is 0. The second-order valence-corrected chi connectivity index (χ2v) is 6.52. The maximum Gasteiger partial charge on any atom is 0.227 e. The third kappa shape index (κ3) is 3.31. The van der Waals surface area contributed by atoms with E-state index in [-0.39, 0.29) is 24.4 Å². The van der Waals surface area contributed by atoms with Crippen LogP contribution in [0.15, 0.2) is 18.2 Å². The molecule has 4 heteroatoms. The zero-order valence-electron chi connectivity index (χ0n) is 13.6. The van der Waals surface area contributed by atoms with Crippen LogP contribution in [-0.4, -0.2) is 30.4 Å². The number of piperidine rings is 1. The maximum absolute atomic E-state index is 12.9. The lowest BCUT2D eigenvalue weighted by atomic mass is 9.89. The molecule has 0 aromatic heterocycles. The topological polar surface area (TPSA) is 32.3 Å². The summed E-state index contributed by atoms with van der Waals surface area (Å²) in [4.78, 5) is 15.0. The van der Waals surface area contributed by atoms with E-state index < -0.39 is 0 Å². The first-order valence-corrected chi connectivity index (χ1v) is 8.26. The van der Waals surface area contributed by atoms with E-state index in [2.05, 4.69) is 42.3 Å². The highest BCUT2D eigenvalue weighted by molar-refractivity contribution is 5.85. The Balaban J connectivity index is 0.00000176. The van der Waals surface area contributed by atoms with Gasteiger partial charge in [-0.2, -0.15) is 0 Å². The molecule has 2 aliphatic rings. The minimum absolute atomic E-state index is 0. The molecule has 1 N–H and O–H groups in total. The fraction of sp³-hybridized carbons (Fsp3) is 0.611. The summed E-state index contributed by atoms with van der Waals surface area (Å²) in [6, 6.07) is 6.79. The molecule has 0 saturated carbocycles. The van der Waals surface area contributed by atoms with Crippen molar-refractivity contribution in [2.45, 2.75) is 45.6 Å². The van der Waals surface area contributed by atoms with E-state index in [0.717, 1.165) is 38.9 Å². The zero-order chi connectivity index (χ0) is 14.8. The van der Waals surface area contributed by atoms with Gasteiger partial charge in [0.15, 0.2) is 0 Å². The number of amides is 1. The molecule has 0 aliphatic carbocycles. The molecule has 3 rings (SSSR count). The van der Waals surface area contributed by atoms with Crippen LogP contribution in [-0.2, 0) is 4.79 Å². The highest BCUT2D eigenvalue weighted by atomic mass is 35.5. The van der Waals surface area contributed by atoms with Gasteiger partial charge < -0.3 is 10.2 Å². The summed E-state index contributed by atoms with van der Waals surface area (Å²) in [5.41, 5.74) is 4.04. The van der Waals surface area contributed by atoms with Crippen molar-refractivity contribution in [1.82, 2.24) is 10.2 Å². The van der Waals surface area contributed by atoms with Crippen molar-refractivity contribution in [3.05, 3.63) is 34.9 Å². The Labute approximate surface area is 139 Å². The first-order chi connectivity index (χ1) is 10.2. The van der Waals surface area contributed by atoms with Crippen LogP contribution in [0.25, 0.3) is 0 Å². The van der Waals surface area contributed by atoms with Crippen molar-refractivity contribution in [3.8, 4) is 0 Å². The van der Waals surface area contributed by atoms with Crippen molar-refractivity contribution >= 4 is 18.3 Å². The predicted octanol–water partition coefficient (Wildman–Crippen LogP) is 3.39. The Morgan fingerprint density at radius 1 is 1.23 bits per heavy atom. The van der Waals surface area contributed by atoms with Gasteiger partial charge in [-0.1, -0.05) is 18.2 Å². The number of likely N-dealkylation sites (tertiary alicyclic amines) is 1. The van der Waals surface area contributed by atoms with Gasteiger partial charge in [-0.25, -0.2) is 0 Å². The maximum atomic E-state index is 12.9. The molecule has 1 amide bonds. The number of hydrogen-bond donors (Lipinski definition) is 1. The summed E-state index contributed by atoms with van der Waals surface area (Å²) >= 11 is 0. The number of carbonyl (C=O) groups is 1. The number of hydrogen-bond acceptors (Lipinski definition) is 2. The number of nitrogens with one attached hydrogen (secondary N) is 1. The van der Waals surface area contributed by atoms with Crippen LogP contribution >= 0.6 is 12.4 Å². The van der Waals surface area contributed by atoms with Crippen LogP contribution in [0.2, 0.25) is 0 Å². The number of nitrogens with zero attached hydrogens (tertiary/aromatic N) is 1. The van der Waals surface area contributed by atoms with Crippen molar-refractivity contribution in [2.24, 2.45) is 5.92 Å². The Morgan fingerprint density at radius 2 is 2.05 bits per heavy atom. The number of rotatable bonds is 2. The van der Waals surface area contributed by atoms with Gasteiger partial charge in [-0.3, -0.25) is 4.79 Å². The summed E-state index contributed by atoms with van der Waals surface area (Å²) in [6.45, 7) is 7.12. The second kappa shape index (κ2) is 7.47. The molecule has 122 valence electrons. The summed E-state index contributed by atoms with van der Waals surface area (Å²) in [6.07, 6.45) is 4.48. The molecule has 2 atom stereocenters. The first-order valence-electron chi connectivity index (χ1n) is 8.26. The van der Waals surface area contributed by atoms with Gasteiger partial charge in [0.2, 0.25) is 5.91 Å². The summed E-state index contributed by atoms with van der Waals surface area (Å²) in [5, 5.41) is 3.32. The number of benzene rings is 1. The molecule has 2 heterocycles. The van der Waals surface area contributed by atoms with E-state index in [1.807, 2.05) is 0 Å². The van der Waals surface area contributed by atoms with Crippen LogP contribution in [0.5, 0.6) is 0 Å². The van der Waals surface area contributed by atoms with Gasteiger partial charge >= 0.3 is 0 Å². The molecule has 0 radical (unpaired) electrons. The lowest BCUT2D eigenvalue weighted by Gasteiger charge is -2.38. The van der Waals surface area contributed by atoms with Crippen LogP contribution in [0, 0.1) is 19.8 Å².